The summed E-state index contributed by atoms with van der Waals surface area (Å²) in [6, 6.07) is 19.1. The van der Waals surface area contributed by atoms with Crippen molar-refractivity contribution in [2.45, 2.75) is 12.3 Å². The molecule has 2 aromatic rings. The lowest BCUT2D eigenvalue weighted by atomic mass is 9.93. The van der Waals surface area contributed by atoms with Crippen molar-refractivity contribution < 1.29 is 0 Å². The predicted octanol–water partition coefficient (Wildman–Crippen LogP) is 4.06. The largest absolute Gasteiger partial charge is 0.198 e. The molecule has 0 aromatic heterocycles. The maximum absolute atomic E-state index is 9.30. The number of halogens is 1. The summed E-state index contributed by atoms with van der Waals surface area (Å²) in [5.74, 6) is -0.257. The van der Waals surface area contributed by atoms with Crippen molar-refractivity contribution in [3.63, 3.8) is 0 Å². The van der Waals surface area contributed by atoms with Gasteiger partial charge in [0.15, 0.2) is 0 Å². The molecule has 19 heavy (non-hydrogen) atoms. The molecule has 0 aliphatic carbocycles. The Morgan fingerprint density at radius 1 is 1.05 bits per heavy atom. The van der Waals surface area contributed by atoms with E-state index in [0.29, 0.717) is 17.0 Å². The summed E-state index contributed by atoms with van der Waals surface area (Å²) in [4.78, 5) is 0. The van der Waals surface area contributed by atoms with Gasteiger partial charge in [-0.1, -0.05) is 35.9 Å². The molecule has 1 atom stereocenters. The van der Waals surface area contributed by atoms with Crippen molar-refractivity contribution >= 4 is 11.6 Å². The van der Waals surface area contributed by atoms with Crippen molar-refractivity contribution in [3.8, 4) is 12.1 Å². The zero-order chi connectivity index (χ0) is 13.7. The van der Waals surface area contributed by atoms with Crippen LogP contribution in [0.5, 0.6) is 0 Å². The van der Waals surface area contributed by atoms with Crippen LogP contribution < -0.4 is 0 Å². The fraction of sp³-hybridized carbons (Fsp3) is 0.125. The molecule has 3 heteroatoms. The molecule has 1 unspecified atom stereocenters. The quantitative estimate of drug-likeness (QED) is 0.841. The monoisotopic (exact) mass is 266 g/mol. The topological polar surface area (TPSA) is 47.6 Å². The second kappa shape index (κ2) is 6.05. The van der Waals surface area contributed by atoms with Crippen molar-refractivity contribution in [2.24, 2.45) is 0 Å². The van der Waals surface area contributed by atoms with Gasteiger partial charge < -0.3 is 0 Å². The van der Waals surface area contributed by atoms with Gasteiger partial charge in [0, 0.05) is 5.02 Å². The normalized spacial score (nSPS) is 11.3. The number of hydrogen-bond acceptors (Lipinski definition) is 2. The summed E-state index contributed by atoms with van der Waals surface area (Å²) in [6.07, 6.45) is 0.576. The molecule has 0 aliphatic rings. The Labute approximate surface area is 117 Å². The van der Waals surface area contributed by atoms with E-state index in [1.54, 1.807) is 12.1 Å². The fourth-order valence-corrected chi connectivity index (χ4v) is 2.16. The van der Waals surface area contributed by atoms with Gasteiger partial charge >= 0.3 is 0 Å². The third-order valence-corrected chi connectivity index (χ3v) is 3.14. The summed E-state index contributed by atoms with van der Waals surface area (Å²) in [6.45, 7) is 0. The Hall–Kier alpha value is -2.29. The van der Waals surface area contributed by atoms with Crippen LogP contribution in [0.2, 0.25) is 5.02 Å². The van der Waals surface area contributed by atoms with Gasteiger partial charge in [0.05, 0.1) is 23.6 Å². The van der Waals surface area contributed by atoms with E-state index in [1.807, 2.05) is 36.4 Å². The van der Waals surface area contributed by atoms with E-state index in [1.165, 1.54) is 0 Å². The highest BCUT2D eigenvalue weighted by Crippen LogP contribution is 2.23. The molecular formula is C16H11ClN2. The molecule has 0 fully saturated rings. The lowest BCUT2D eigenvalue weighted by Crippen LogP contribution is -2.00. The van der Waals surface area contributed by atoms with Gasteiger partial charge in [0.1, 0.15) is 0 Å². The van der Waals surface area contributed by atoms with Gasteiger partial charge in [-0.2, -0.15) is 10.5 Å². The van der Waals surface area contributed by atoms with E-state index in [9.17, 15) is 5.26 Å². The van der Waals surface area contributed by atoms with Gasteiger partial charge in [-0.05, 0) is 41.8 Å². The standard InChI is InChI=1S/C16H11ClN2/c17-16-6-2-5-14(9-16)15(11-19)8-12-3-1-4-13(7-12)10-18/h1-7,9,15H,8H2. The summed E-state index contributed by atoms with van der Waals surface area (Å²) < 4.78 is 0. The molecule has 0 saturated carbocycles. The van der Waals surface area contributed by atoms with Gasteiger partial charge in [-0.3, -0.25) is 0 Å². The lowest BCUT2D eigenvalue weighted by Gasteiger charge is -2.10. The highest BCUT2D eigenvalue weighted by molar-refractivity contribution is 6.30. The summed E-state index contributed by atoms with van der Waals surface area (Å²) in [5.41, 5.74) is 2.49. The van der Waals surface area contributed by atoms with Gasteiger partial charge in [-0.25, -0.2) is 0 Å². The molecule has 92 valence electrons. The lowest BCUT2D eigenvalue weighted by molar-refractivity contribution is 0.849. The first-order chi connectivity index (χ1) is 9.22. The van der Waals surface area contributed by atoms with Crippen LogP contribution in [0.25, 0.3) is 0 Å². The van der Waals surface area contributed by atoms with Crippen LogP contribution in [0.1, 0.15) is 22.6 Å². The molecule has 0 amide bonds. The van der Waals surface area contributed by atoms with Crippen molar-refractivity contribution in [1.29, 1.82) is 10.5 Å². The molecule has 0 saturated heterocycles. The average Bonchev–Trinajstić information content (AvgIpc) is 2.45. The zero-order valence-corrected chi connectivity index (χ0v) is 10.9. The third-order valence-electron chi connectivity index (χ3n) is 2.90. The van der Waals surface area contributed by atoms with Gasteiger partial charge in [0.2, 0.25) is 0 Å². The zero-order valence-electron chi connectivity index (χ0n) is 10.2. The van der Waals surface area contributed by atoms with Crippen molar-refractivity contribution in [2.75, 3.05) is 0 Å². The highest BCUT2D eigenvalue weighted by atomic mass is 35.5. The molecule has 2 aromatic carbocycles. The summed E-state index contributed by atoms with van der Waals surface area (Å²) >= 11 is 5.94. The molecule has 0 bridgehead atoms. The SMILES string of the molecule is N#Cc1cccc(CC(C#N)c2cccc(Cl)c2)c1. The first-order valence-corrected chi connectivity index (χ1v) is 6.25. The molecule has 0 spiro atoms. The van der Waals surface area contributed by atoms with Gasteiger partial charge in [0.25, 0.3) is 0 Å². The van der Waals surface area contributed by atoms with Crippen LogP contribution >= 0.6 is 11.6 Å². The molecule has 2 nitrogen and oxygen atoms in total. The minimum Gasteiger partial charge on any atom is -0.198 e. The van der Waals surface area contributed by atoms with Crippen LogP contribution in [0.4, 0.5) is 0 Å². The van der Waals surface area contributed by atoms with E-state index in [2.05, 4.69) is 12.1 Å². The number of nitrogens with zero attached hydrogens (tertiary/aromatic N) is 2. The van der Waals surface area contributed by atoms with Crippen LogP contribution in [0, 0.1) is 22.7 Å². The minimum absolute atomic E-state index is 0.257. The van der Waals surface area contributed by atoms with Crippen LogP contribution in [-0.4, -0.2) is 0 Å². The molecule has 2 rings (SSSR count). The summed E-state index contributed by atoms with van der Waals surface area (Å²) in [7, 11) is 0. The Morgan fingerprint density at radius 3 is 2.53 bits per heavy atom. The predicted molar refractivity (Wildman–Crippen MR) is 74.7 cm³/mol. The van der Waals surface area contributed by atoms with Crippen molar-refractivity contribution in [3.05, 3.63) is 70.2 Å². The Bertz CT molecular complexity index is 665. The van der Waals surface area contributed by atoms with E-state index in [0.717, 1.165) is 11.1 Å². The second-order valence-electron chi connectivity index (χ2n) is 4.25. The third kappa shape index (κ3) is 3.35. The van der Waals surface area contributed by atoms with Crippen LogP contribution in [0.15, 0.2) is 48.5 Å². The van der Waals surface area contributed by atoms with E-state index < -0.39 is 0 Å². The Morgan fingerprint density at radius 2 is 1.84 bits per heavy atom. The maximum atomic E-state index is 9.30. The molecule has 0 N–H and O–H groups in total. The van der Waals surface area contributed by atoms with Crippen LogP contribution in [0.3, 0.4) is 0 Å². The summed E-state index contributed by atoms with van der Waals surface area (Å²) in [5, 5.41) is 18.8. The highest BCUT2D eigenvalue weighted by Gasteiger charge is 2.12. The average molecular weight is 267 g/mol. The molecular weight excluding hydrogens is 256 g/mol. The number of benzene rings is 2. The second-order valence-corrected chi connectivity index (χ2v) is 4.69. The van der Waals surface area contributed by atoms with Gasteiger partial charge in [-0.15, -0.1) is 0 Å². The number of rotatable bonds is 3. The van der Waals surface area contributed by atoms with E-state index in [4.69, 9.17) is 16.9 Å². The number of hydrogen-bond donors (Lipinski definition) is 0. The molecule has 0 heterocycles. The number of nitriles is 2. The fourth-order valence-electron chi connectivity index (χ4n) is 1.96. The minimum atomic E-state index is -0.257. The molecule has 0 aliphatic heterocycles. The molecule has 0 radical (unpaired) electrons. The Balaban J connectivity index is 2.25. The Kier molecular flexibility index (Phi) is 4.18. The maximum Gasteiger partial charge on any atom is 0.0991 e. The first-order valence-electron chi connectivity index (χ1n) is 5.87. The first kappa shape index (κ1) is 13.1. The smallest absolute Gasteiger partial charge is 0.0991 e. The van der Waals surface area contributed by atoms with Crippen LogP contribution in [-0.2, 0) is 6.42 Å². The van der Waals surface area contributed by atoms with E-state index >= 15 is 0 Å². The van der Waals surface area contributed by atoms with Crippen molar-refractivity contribution in [1.82, 2.24) is 0 Å². The van der Waals surface area contributed by atoms with E-state index in [-0.39, 0.29) is 5.92 Å².